The van der Waals surface area contributed by atoms with Gasteiger partial charge in [-0.05, 0) is 17.7 Å². The summed E-state index contributed by atoms with van der Waals surface area (Å²) >= 11 is 2.53. The van der Waals surface area contributed by atoms with Crippen molar-refractivity contribution in [2.24, 2.45) is 0 Å². The molecule has 0 saturated carbocycles. The minimum Gasteiger partial charge on any atom is -0.351 e. The summed E-state index contributed by atoms with van der Waals surface area (Å²) in [6, 6.07) is 18.6. The van der Waals surface area contributed by atoms with Gasteiger partial charge in [0.25, 0.3) is 5.91 Å². The summed E-state index contributed by atoms with van der Waals surface area (Å²) in [6.45, 7) is 0.495. The molecule has 2 N–H and O–H groups in total. The zero-order valence-corrected chi connectivity index (χ0v) is 15.3. The van der Waals surface area contributed by atoms with Gasteiger partial charge in [-0.15, -0.1) is 10.2 Å². The van der Waals surface area contributed by atoms with Gasteiger partial charge in [-0.1, -0.05) is 71.6 Å². The van der Waals surface area contributed by atoms with Crippen molar-refractivity contribution in [3.8, 4) is 0 Å². The number of hydrogen-bond donors (Lipinski definition) is 2. The van der Waals surface area contributed by atoms with Gasteiger partial charge in [-0.3, -0.25) is 14.9 Å². The summed E-state index contributed by atoms with van der Waals surface area (Å²) in [5, 5.41) is 13.9. The lowest BCUT2D eigenvalue weighted by Gasteiger charge is -2.03. The molecule has 1 heterocycles. The topological polar surface area (TPSA) is 84.0 Å². The normalized spacial score (nSPS) is 10.3. The number of nitrogens with one attached hydrogen (secondary N) is 2. The molecular formula is C18H16N4O2S2. The molecule has 0 atom stereocenters. The predicted molar refractivity (Wildman–Crippen MR) is 103 cm³/mol. The van der Waals surface area contributed by atoms with Gasteiger partial charge in [0.15, 0.2) is 4.34 Å². The Morgan fingerprint density at radius 3 is 2.38 bits per heavy atom. The van der Waals surface area contributed by atoms with E-state index in [4.69, 9.17) is 0 Å². The van der Waals surface area contributed by atoms with Crippen LogP contribution in [0.3, 0.4) is 0 Å². The maximum Gasteiger partial charge on any atom is 0.257 e. The quantitative estimate of drug-likeness (QED) is 0.483. The van der Waals surface area contributed by atoms with Crippen LogP contribution in [0.2, 0.25) is 0 Å². The zero-order chi connectivity index (χ0) is 18.2. The van der Waals surface area contributed by atoms with Gasteiger partial charge in [0.2, 0.25) is 11.0 Å². The SMILES string of the molecule is O=C(CSc1nnc(NC(=O)c2ccccc2)s1)NCc1ccccc1. The monoisotopic (exact) mass is 384 g/mol. The number of nitrogens with zero attached hydrogens (tertiary/aromatic N) is 2. The van der Waals surface area contributed by atoms with E-state index >= 15 is 0 Å². The van der Waals surface area contributed by atoms with Gasteiger partial charge in [-0.25, -0.2) is 0 Å². The average molecular weight is 384 g/mol. The molecule has 0 aliphatic rings. The highest BCUT2D eigenvalue weighted by Gasteiger charge is 2.11. The number of carbonyl (C=O) groups excluding carboxylic acids is 2. The maximum absolute atomic E-state index is 12.1. The van der Waals surface area contributed by atoms with Gasteiger partial charge >= 0.3 is 0 Å². The van der Waals surface area contributed by atoms with Crippen LogP contribution in [0, 0.1) is 0 Å². The first-order chi connectivity index (χ1) is 12.7. The van der Waals surface area contributed by atoms with E-state index in [9.17, 15) is 9.59 Å². The van der Waals surface area contributed by atoms with Crippen molar-refractivity contribution in [1.29, 1.82) is 0 Å². The van der Waals surface area contributed by atoms with Crippen molar-refractivity contribution in [3.05, 3.63) is 71.8 Å². The van der Waals surface area contributed by atoms with Crippen LogP contribution >= 0.6 is 23.1 Å². The van der Waals surface area contributed by atoms with Gasteiger partial charge in [0.1, 0.15) is 0 Å². The minimum atomic E-state index is -0.237. The second kappa shape index (κ2) is 9.12. The van der Waals surface area contributed by atoms with E-state index in [0.717, 1.165) is 5.56 Å². The molecule has 2 amide bonds. The lowest BCUT2D eigenvalue weighted by molar-refractivity contribution is -0.118. The van der Waals surface area contributed by atoms with Crippen LogP contribution in [0.15, 0.2) is 65.0 Å². The molecule has 0 saturated heterocycles. The Hall–Kier alpha value is -2.71. The summed E-state index contributed by atoms with van der Waals surface area (Å²) in [4.78, 5) is 24.0. The third-order valence-electron chi connectivity index (χ3n) is 3.32. The summed E-state index contributed by atoms with van der Waals surface area (Å²) in [6.07, 6.45) is 0. The summed E-state index contributed by atoms with van der Waals surface area (Å²) in [7, 11) is 0. The minimum absolute atomic E-state index is 0.0797. The molecule has 3 aromatic rings. The van der Waals surface area contributed by atoms with Crippen molar-refractivity contribution < 1.29 is 9.59 Å². The van der Waals surface area contributed by atoms with Crippen LogP contribution in [-0.4, -0.2) is 27.8 Å². The van der Waals surface area contributed by atoms with Crippen molar-refractivity contribution in [2.75, 3.05) is 11.1 Å². The molecule has 0 unspecified atom stereocenters. The molecule has 0 aliphatic carbocycles. The molecule has 2 aromatic carbocycles. The fourth-order valence-corrected chi connectivity index (χ4v) is 3.63. The van der Waals surface area contributed by atoms with Crippen LogP contribution in [0.25, 0.3) is 0 Å². The van der Waals surface area contributed by atoms with Crippen LogP contribution in [0.5, 0.6) is 0 Å². The van der Waals surface area contributed by atoms with E-state index in [1.54, 1.807) is 24.3 Å². The van der Waals surface area contributed by atoms with Crippen molar-refractivity contribution >= 4 is 40.0 Å². The number of carbonyl (C=O) groups is 2. The Kier molecular flexibility index (Phi) is 6.34. The first kappa shape index (κ1) is 18.1. The number of thioether (sulfide) groups is 1. The third-order valence-corrected chi connectivity index (χ3v) is 5.29. The Balaban J connectivity index is 1.45. The standard InChI is InChI=1S/C18H16N4O2S2/c23-15(19-11-13-7-3-1-4-8-13)12-25-18-22-21-17(26-18)20-16(24)14-9-5-2-6-10-14/h1-10H,11-12H2,(H,19,23)(H,20,21,24). The molecule has 0 spiro atoms. The first-order valence-electron chi connectivity index (χ1n) is 7.84. The van der Waals surface area contributed by atoms with E-state index < -0.39 is 0 Å². The molecule has 26 heavy (non-hydrogen) atoms. The fraction of sp³-hybridized carbons (Fsp3) is 0.111. The van der Waals surface area contributed by atoms with Gasteiger partial charge in [-0.2, -0.15) is 0 Å². The van der Waals surface area contributed by atoms with E-state index in [2.05, 4.69) is 20.8 Å². The van der Waals surface area contributed by atoms with E-state index in [-0.39, 0.29) is 17.6 Å². The zero-order valence-electron chi connectivity index (χ0n) is 13.7. The maximum atomic E-state index is 12.1. The molecule has 0 fully saturated rings. The van der Waals surface area contributed by atoms with Crippen LogP contribution in [0.1, 0.15) is 15.9 Å². The number of amides is 2. The summed E-state index contributed by atoms with van der Waals surface area (Å²) in [5.41, 5.74) is 1.60. The van der Waals surface area contributed by atoms with Crippen LogP contribution < -0.4 is 10.6 Å². The lowest BCUT2D eigenvalue weighted by Crippen LogP contribution is -2.24. The van der Waals surface area contributed by atoms with Gasteiger partial charge in [0, 0.05) is 12.1 Å². The fourth-order valence-electron chi connectivity index (χ4n) is 2.05. The van der Waals surface area contributed by atoms with Crippen molar-refractivity contribution in [1.82, 2.24) is 15.5 Å². The molecular weight excluding hydrogens is 368 g/mol. The molecule has 0 aliphatic heterocycles. The van der Waals surface area contributed by atoms with E-state index in [0.29, 0.717) is 21.6 Å². The molecule has 132 valence electrons. The summed E-state index contributed by atoms with van der Waals surface area (Å²) in [5.74, 6) is -0.0727. The predicted octanol–water partition coefficient (Wildman–Crippen LogP) is 3.20. The Morgan fingerprint density at radius 2 is 1.65 bits per heavy atom. The second-order valence-electron chi connectivity index (χ2n) is 5.24. The number of benzene rings is 2. The lowest BCUT2D eigenvalue weighted by atomic mass is 10.2. The average Bonchev–Trinajstić information content (AvgIpc) is 3.13. The van der Waals surface area contributed by atoms with Crippen LogP contribution in [-0.2, 0) is 11.3 Å². The number of aromatic nitrogens is 2. The molecule has 1 aromatic heterocycles. The highest BCUT2D eigenvalue weighted by Crippen LogP contribution is 2.25. The van der Waals surface area contributed by atoms with Crippen molar-refractivity contribution in [3.63, 3.8) is 0 Å². The van der Waals surface area contributed by atoms with Crippen LogP contribution in [0.4, 0.5) is 5.13 Å². The van der Waals surface area contributed by atoms with Crippen molar-refractivity contribution in [2.45, 2.75) is 10.9 Å². The molecule has 3 rings (SSSR count). The van der Waals surface area contributed by atoms with E-state index in [1.165, 1.54) is 23.1 Å². The largest absolute Gasteiger partial charge is 0.351 e. The highest BCUT2D eigenvalue weighted by atomic mass is 32.2. The molecule has 0 radical (unpaired) electrons. The summed E-state index contributed by atoms with van der Waals surface area (Å²) < 4.78 is 0.628. The molecule has 6 nitrogen and oxygen atoms in total. The second-order valence-corrected chi connectivity index (χ2v) is 7.44. The highest BCUT2D eigenvalue weighted by molar-refractivity contribution is 8.01. The third kappa shape index (κ3) is 5.40. The van der Waals surface area contributed by atoms with Gasteiger partial charge in [0.05, 0.1) is 5.75 Å². The number of anilines is 1. The Labute approximate surface area is 159 Å². The first-order valence-corrected chi connectivity index (χ1v) is 9.64. The smallest absolute Gasteiger partial charge is 0.257 e. The van der Waals surface area contributed by atoms with Gasteiger partial charge < -0.3 is 5.32 Å². The Bertz CT molecular complexity index is 869. The number of rotatable bonds is 7. The number of hydrogen-bond acceptors (Lipinski definition) is 6. The van der Waals surface area contributed by atoms with E-state index in [1.807, 2.05) is 36.4 Å². The molecule has 0 bridgehead atoms. The Morgan fingerprint density at radius 1 is 0.962 bits per heavy atom. The molecule has 8 heteroatoms.